The van der Waals surface area contributed by atoms with Crippen LogP contribution in [0.25, 0.3) is 0 Å². The first-order chi connectivity index (χ1) is 14.5. The summed E-state index contributed by atoms with van der Waals surface area (Å²) in [6, 6.07) is 23.1. The van der Waals surface area contributed by atoms with Gasteiger partial charge >= 0.3 is 0 Å². The Morgan fingerprint density at radius 1 is 1.03 bits per heavy atom. The summed E-state index contributed by atoms with van der Waals surface area (Å²) >= 11 is 8.69. The lowest BCUT2D eigenvalue weighted by atomic mass is 9.98. The molecule has 7 heteroatoms. The Labute approximate surface area is 198 Å². The summed E-state index contributed by atoms with van der Waals surface area (Å²) in [7, 11) is 3.72. The number of hydrazone groups is 1. The van der Waals surface area contributed by atoms with E-state index in [4.69, 9.17) is 9.84 Å². The van der Waals surface area contributed by atoms with Crippen molar-refractivity contribution in [3.05, 3.63) is 86.8 Å². The van der Waals surface area contributed by atoms with Crippen LogP contribution in [0.15, 0.2) is 85.7 Å². The number of halogens is 2. The Hall–Kier alpha value is -1.96. The molecular formula is C23H21Br2N3OS. The van der Waals surface area contributed by atoms with Crippen LogP contribution in [-0.4, -0.2) is 24.9 Å². The van der Waals surface area contributed by atoms with E-state index < -0.39 is 0 Å². The zero-order valence-corrected chi connectivity index (χ0v) is 20.6. The molecule has 0 radical (unpaired) electrons. The van der Waals surface area contributed by atoms with Crippen LogP contribution in [-0.2, 0) is 0 Å². The minimum atomic E-state index is 0.244. The van der Waals surface area contributed by atoms with Gasteiger partial charge in [0.25, 0.3) is 0 Å². The molecule has 30 heavy (non-hydrogen) atoms. The highest BCUT2D eigenvalue weighted by atomic mass is 79.9. The smallest absolute Gasteiger partial charge is 0.118 e. The predicted octanol–water partition coefficient (Wildman–Crippen LogP) is 7.12. The molecule has 0 fully saturated rings. The van der Waals surface area contributed by atoms with Crippen molar-refractivity contribution >= 4 is 55.2 Å². The monoisotopic (exact) mass is 545 g/mol. The van der Waals surface area contributed by atoms with Gasteiger partial charge < -0.3 is 9.46 Å². The Bertz CT molecular complexity index is 1060. The van der Waals surface area contributed by atoms with Gasteiger partial charge in [0.2, 0.25) is 0 Å². The van der Waals surface area contributed by atoms with Crippen LogP contribution in [0.3, 0.4) is 0 Å². The van der Waals surface area contributed by atoms with Crippen LogP contribution in [0.2, 0.25) is 0 Å². The molecule has 154 valence electrons. The summed E-state index contributed by atoms with van der Waals surface area (Å²) in [6.45, 7) is 0. The molecule has 1 atom stereocenters. The molecule has 0 amide bonds. The zero-order valence-electron chi connectivity index (χ0n) is 16.6. The molecule has 1 N–H and O–H groups in total. The van der Waals surface area contributed by atoms with Gasteiger partial charge in [-0.15, -0.1) is 0 Å². The highest BCUT2D eigenvalue weighted by molar-refractivity contribution is 9.11. The Morgan fingerprint density at radius 2 is 1.77 bits per heavy atom. The third-order valence-corrected chi connectivity index (χ3v) is 7.35. The van der Waals surface area contributed by atoms with Gasteiger partial charge in [-0.3, -0.25) is 5.01 Å². The molecule has 0 bridgehead atoms. The van der Waals surface area contributed by atoms with Crippen molar-refractivity contribution in [3.8, 4) is 5.75 Å². The van der Waals surface area contributed by atoms with E-state index in [-0.39, 0.29) is 6.04 Å². The first kappa shape index (κ1) is 21.3. The molecule has 0 saturated heterocycles. The molecule has 1 unspecified atom stereocenters. The first-order valence-electron chi connectivity index (χ1n) is 9.46. The molecule has 4 rings (SSSR count). The fourth-order valence-electron chi connectivity index (χ4n) is 3.35. The van der Waals surface area contributed by atoms with Crippen molar-refractivity contribution in [2.75, 3.05) is 18.9 Å². The number of methoxy groups -OCH3 is 1. The summed E-state index contributed by atoms with van der Waals surface area (Å²) in [6.07, 6.45) is 0.884. The van der Waals surface area contributed by atoms with E-state index in [1.54, 1.807) is 19.1 Å². The minimum absolute atomic E-state index is 0.244. The van der Waals surface area contributed by atoms with Crippen LogP contribution >= 0.6 is 43.8 Å². The third-order valence-electron chi connectivity index (χ3n) is 5.01. The molecule has 0 spiro atoms. The second kappa shape index (κ2) is 9.45. The van der Waals surface area contributed by atoms with Crippen LogP contribution < -0.4 is 9.46 Å². The molecule has 1 aliphatic heterocycles. The van der Waals surface area contributed by atoms with E-state index in [0.717, 1.165) is 43.0 Å². The van der Waals surface area contributed by atoms with Gasteiger partial charge in [-0.1, -0.05) is 40.2 Å². The van der Waals surface area contributed by atoms with Crippen molar-refractivity contribution in [2.45, 2.75) is 17.4 Å². The topological polar surface area (TPSA) is 36.9 Å². The zero-order chi connectivity index (χ0) is 21.1. The van der Waals surface area contributed by atoms with Gasteiger partial charge in [0, 0.05) is 33.0 Å². The lowest BCUT2D eigenvalue weighted by Gasteiger charge is -2.19. The molecule has 1 heterocycles. The van der Waals surface area contributed by atoms with Crippen molar-refractivity contribution in [2.24, 2.45) is 5.10 Å². The lowest BCUT2D eigenvalue weighted by molar-refractivity contribution is 0.289. The van der Waals surface area contributed by atoms with E-state index in [2.05, 4.69) is 79.0 Å². The quantitative estimate of drug-likeness (QED) is 0.334. The fourth-order valence-corrected chi connectivity index (χ4v) is 5.07. The van der Waals surface area contributed by atoms with E-state index in [1.165, 1.54) is 5.56 Å². The number of nitrogens with zero attached hydrogens (tertiary/aromatic N) is 2. The number of hydrogen-bond acceptors (Lipinski definition) is 5. The van der Waals surface area contributed by atoms with Crippen molar-refractivity contribution < 1.29 is 4.74 Å². The number of anilines is 1. The molecule has 0 saturated carbocycles. The van der Waals surface area contributed by atoms with Crippen LogP contribution in [0.1, 0.15) is 23.6 Å². The standard InChI is InChI=1S/C23H21Br2N3OS/c1-28-22(16-5-10-19(29-2)11-6-16)14-21(26-28)15-3-8-18(9-4-15)27-30-23-13-17(24)7-12-20(23)25/h3-13,22,27H,14H2,1-2H3. The number of rotatable bonds is 6. The Balaban J connectivity index is 1.41. The summed E-state index contributed by atoms with van der Waals surface area (Å²) < 4.78 is 10.8. The van der Waals surface area contributed by atoms with Crippen LogP contribution in [0.5, 0.6) is 5.75 Å². The van der Waals surface area contributed by atoms with Gasteiger partial charge in [0.1, 0.15) is 5.75 Å². The largest absolute Gasteiger partial charge is 0.497 e. The maximum Gasteiger partial charge on any atom is 0.118 e. The van der Waals surface area contributed by atoms with Crippen molar-refractivity contribution in [3.63, 3.8) is 0 Å². The molecular weight excluding hydrogens is 526 g/mol. The normalized spacial score (nSPS) is 15.8. The molecule has 3 aromatic carbocycles. The maximum atomic E-state index is 5.27. The van der Waals surface area contributed by atoms with Crippen LogP contribution in [0.4, 0.5) is 5.69 Å². The summed E-state index contributed by atoms with van der Waals surface area (Å²) in [5.41, 5.74) is 4.55. The van der Waals surface area contributed by atoms with Gasteiger partial charge in [-0.2, -0.15) is 5.10 Å². The van der Waals surface area contributed by atoms with E-state index in [9.17, 15) is 0 Å². The summed E-state index contributed by atoms with van der Waals surface area (Å²) in [5.74, 6) is 0.872. The predicted molar refractivity (Wildman–Crippen MR) is 132 cm³/mol. The average molecular weight is 547 g/mol. The maximum absolute atomic E-state index is 5.27. The molecule has 1 aliphatic rings. The number of hydrogen-bond donors (Lipinski definition) is 1. The minimum Gasteiger partial charge on any atom is -0.497 e. The van der Waals surface area contributed by atoms with Gasteiger partial charge in [-0.25, -0.2) is 0 Å². The Kier molecular flexibility index (Phi) is 6.71. The van der Waals surface area contributed by atoms with Gasteiger partial charge in [-0.05, 0) is 81.5 Å². The van der Waals surface area contributed by atoms with Gasteiger partial charge in [0.05, 0.1) is 18.9 Å². The highest BCUT2D eigenvalue weighted by Gasteiger charge is 2.26. The molecule has 0 aliphatic carbocycles. The van der Waals surface area contributed by atoms with E-state index >= 15 is 0 Å². The van der Waals surface area contributed by atoms with E-state index in [1.807, 2.05) is 36.3 Å². The average Bonchev–Trinajstić information content (AvgIpc) is 3.16. The fraction of sp³-hybridized carbons (Fsp3) is 0.174. The molecule has 4 nitrogen and oxygen atoms in total. The molecule has 0 aromatic heterocycles. The summed E-state index contributed by atoms with van der Waals surface area (Å²) in [5, 5.41) is 6.83. The number of benzene rings is 3. The summed E-state index contributed by atoms with van der Waals surface area (Å²) in [4.78, 5) is 1.12. The lowest BCUT2D eigenvalue weighted by Crippen LogP contribution is -2.13. The second-order valence-corrected chi connectivity index (χ2v) is 9.59. The van der Waals surface area contributed by atoms with Gasteiger partial charge in [0.15, 0.2) is 0 Å². The highest BCUT2D eigenvalue weighted by Crippen LogP contribution is 2.33. The Morgan fingerprint density at radius 3 is 2.47 bits per heavy atom. The first-order valence-corrected chi connectivity index (χ1v) is 11.9. The van der Waals surface area contributed by atoms with Crippen molar-refractivity contribution in [1.29, 1.82) is 0 Å². The number of nitrogens with one attached hydrogen (secondary N) is 1. The van der Waals surface area contributed by atoms with Crippen LogP contribution in [0, 0.1) is 0 Å². The van der Waals surface area contributed by atoms with Crippen molar-refractivity contribution in [1.82, 2.24) is 5.01 Å². The number of ether oxygens (including phenoxy) is 1. The SMILES string of the molecule is COc1ccc(C2CC(c3ccc(NSc4cc(Br)ccc4Br)cc3)=NN2C)cc1. The second-order valence-electron chi connectivity index (χ2n) is 6.97. The molecule has 3 aromatic rings. The third kappa shape index (κ3) is 4.85. The van der Waals surface area contributed by atoms with E-state index in [0.29, 0.717) is 0 Å².